The van der Waals surface area contributed by atoms with Crippen molar-refractivity contribution in [3.8, 4) is 0 Å². The van der Waals surface area contributed by atoms with Crippen molar-refractivity contribution in [2.45, 2.75) is 33.0 Å². The van der Waals surface area contributed by atoms with Crippen LogP contribution in [-0.4, -0.2) is 28.3 Å². The van der Waals surface area contributed by atoms with Gasteiger partial charge in [0.25, 0.3) is 0 Å². The first kappa shape index (κ1) is 21.7. The number of benzene rings is 2. The molecule has 6 heteroatoms. The molecule has 0 saturated heterocycles. The lowest BCUT2D eigenvalue weighted by atomic mass is 9.97. The number of aromatic nitrogens is 1. The Morgan fingerprint density at radius 3 is 2.10 bits per heavy atom. The molecule has 1 N–H and O–H groups in total. The zero-order chi connectivity index (χ0) is 21.6. The molecule has 5 nitrogen and oxygen atoms in total. The molecule has 0 aliphatic heterocycles. The van der Waals surface area contributed by atoms with Crippen LogP contribution in [0, 0.1) is 0 Å². The Morgan fingerprint density at radius 2 is 1.63 bits per heavy atom. The topological polar surface area (TPSA) is 62.7 Å². The van der Waals surface area contributed by atoms with Crippen LogP contribution in [0.25, 0.3) is 5.57 Å². The average molecular weight is 423 g/mol. The van der Waals surface area contributed by atoms with Gasteiger partial charge in [-0.1, -0.05) is 66.7 Å². The van der Waals surface area contributed by atoms with E-state index in [2.05, 4.69) is 4.98 Å². The number of aliphatic hydroxyl groups is 1. The zero-order valence-corrected chi connectivity index (χ0v) is 18.2. The predicted molar refractivity (Wildman–Crippen MR) is 122 cm³/mol. The molecule has 3 aromatic rings. The lowest BCUT2D eigenvalue weighted by Crippen LogP contribution is -2.37. The number of anilines is 1. The standard InChI is InChI=1S/C24H26N2O3S/c1-24(2,3)29-23(28)26(22-25-20(16-27)17-30-22)15-14-21(18-10-6-4-7-11-18)19-12-8-5-9-13-19/h4-14,17,27H,15-16H2,1-3H3. The minimum atomic E-state index is -0.627. The van der Waals surface area contributed by atoms with Crippen molar-refractivity contribution in [1.82, 2.24) is 4.98 Å². The number of carbonyl (C=O) groups excluding carboxylic acids is 1. The van der Waals surface area contributed by atoms with Gasteiger partial charge in [-0.15, -0.1) is 11.3 Å². The Bertz CT molecular complexity index is 951. The quantitative estimate of drug-likeness (QED) is 0.569. The second-order valence-corrected chi connectivity index (χ2v) is 8.56. The third-order valence-corrected chi connectivity index (χ3v) is 5.11. The highest BCUT2D eigenvalue weighted by Gasteiger charge is 2.25. The van der Waals surface area contributed by atoms with Crippen LogP contribution < -0.4 is 4.90 Å². The van der Waals surface area contributed by atoms with Crippen molar-refractivity contribution in [1.29, 1.82) is 0 Å². The van der Waals surface area contributed by atoms with Gasteiger partial charge in [0.2, 0.25) is 0 Å². The van der Waals surface area contributed by atoms with Crippen molar-refractivity contribution in [3.63, 3.8) is 0 Å². The van der Waals surface area contributed by atoms with E-state index in [0.29, 0.717) is 10.8 Å². The molecule has 1 heterocycles. The molecule has 0 fully saturated rings. The van der Waals surface area contributed by atoms with Crippen molar-refractivity contribution in [2.75, 3.05) is 11.4 Å². The third kappa shape index (κ3) is 5.78. The van der Waals surface area contributed by atoms with E-state index < -0.39 is 11.7 Å². The van der Waals surface area contributed by atoms with Crippen molar-refractivity contribution in [3.05, 3.63) is 88.9 Å². The van der Waals surface area contributed by atoms with E-state index in [0.717, 1.165) is 16.7 Å². The Kier molecular flexibility index (Phi) is 7.03. The van der Waals surface area contributed by atoms with Gasteiger partial charge in [-0.25, -0.2) is 14.7 Å². The Balaban J connectivity index is 1.98. The van der Waals surface area contributed by atoms with Crippen molar-refractivity contribution in [2.24, 2.45) is 0 Å². The van der Waals surface area contributed by atoms with Gasteiger partial charge in [-0.3, -0.25) is 0 Å². The molecular weight excluding hydrogens is 396 g/mol. The molecule has 2 aromatic carbocycles. The van der Waals surface area contributed by atoms with Crippen molar-refractivity contribution < 1.29 is 14.6 Å². The van der Waals surface area contributed by atoms with Gasteiger partial charge in [0.15, 0.2) is 5.13 Å². The summed E-state index contributed by atoms with van der Waals surface area (Å²) in [6.45, 7) is 5.61. The van der Waals surface area contributed by atoms with Gasteiger partial charge < -0.3 is 9.84 Å². The van der Waals surface area contributed by atoms with Crippen LogP contribution in [0.5, 0.6) is 0 Å². The highest BCUT2D eigenvalue weighted by molar-refractivity contribution is 7.14. The molecule has 0 saturated carbocycles. The maximum atomic E-state index is 12.9. The zero-order valence-electron chi connectivity index (χ0n) is 17.4. The molecular formula is C24H26N2O3S. The lowest BCUT2D eigenvalue weighted by Gasteiger charge is -2.25. The van der Waals surface area contributed by atoms with Crippen LogP contribution in [0.15, 0.2) is 72.1 Å². The minimum Gasteiger partial charge on any atom is -0.443 e. The fourth-order valence-corrected chi connectivity index (χ4v) is 3.68. The van der Waals surface area contributed by atoms with Crippen LogP contribution in [0.4, 0.5) is 9.93 Å². The number of thiazole rings is 1. The fourth-order valence-electron chi connectivity index (χ4n) is 2.86. The highest BCUT2D eigenvalue weighted by atomic mass is 32.1. The number of ether oxygens (including phenoxy) is 1. The molecule has 3 rings (SSSR count). The number of hydrogen-bond acceptors (Lipinski definition) is 5. The van der Waals surface area contributed by atoms with E-state index in [-0.39, 0.29) is 13.2 Å². The lowest BCUT2D eigenvalue weighted by molar-refractivity contribution is 0.0584. The summed E-state index contributed by atoms with van der Waals surface area (Å²) < 4.78 is 5.60. The molecule has 0 aliphatic carbocycles. The Morgan fingerprint density at radius 1 is 1.07 bits per heavy atom. The largest absolute Gasteiger partial charge is 0.443 e. The first-order valence-electron chi connectivity index (χ1n) is 9.74. The van der Waals surface area contributed by atoms with Crippen LogP contribution in [0.2, 0.25) is 0 Å². The molecule has 0 radical (unpaired) electrons. The minimum absolute atomic E-state index is 0.173. The number of carbonyl (C=O) groups is 1. The van der Waals surface area contributed by atoms with Crippen molar-refractivity contribution >= 4 is 28.1 Å². The summed E-state index contributed by atoms with van der Waals surface area (Å²) in [7, 11) is 0. The van der Waals surface area contributed by atoms with E-state index in [4.69, 9.17) is 4.74 Å². The van der Waals surface area contributed by atoms with E-state index in [9.17, 15) is 9.90 Å². The van der Waals surface area contributed by atoms with Gasteiger partial charge in [-0.2, -0.15) is 0 Å². The van der Waals surface area contributed by atoms with Crippen LogP contribution >= 0.6 is 11.3 Å². The van der Waals surface area contributed by atoms with Crippen LogP contribution in [0.1, 0.15) is 37.6 Å². The molecule has 0 unspecified atom stereocenters. The molecule has 0 aliphatic rings. The maximum absolute atomic E-state index is 12.9. The third-order valence-electron chi connectivity index (χ3n) is 4.19. The Hall–Kier alpha value is -2.96. The molecule has 1 amide bonds. The molecule has 0 spiro atoms. The first-order valence-corrected chi connectivity index (χ1v) is 10.6. The number of rotatable bonds is 6. The molecule has 0 atom stereocenters. The van der Waals surface area contributed by atoms with Gasteiger partial charge in [0, 0.05) is 5.38 Å². The monoisotopic (exact) mass is 422 g/mol. The van der Waals surface area contributed by atoms with E-state index in [1.54, 1.807) is 5.38 Å². The van der Waals surface area contributed by atoms with Crippen LogP contribution in [0.3, 0.4) is 0 Å². The summed E-state index contributed by atoms with van der Waals surface area (Å²) in [6.07, 6.45) is 1.53. The van der Waals surface area contributed by atoms with E-state index in [1.165, 1.54) is 16.2 Å². The number of hydrogen-bond donors (Lipinski definition) is 1. The van der Waals surface area contributed by atoms with Gasteiger partial charge >= 0.3 is 6.09 Å². The van der Waals surface area contributed by atoms with Gasteiger partial charge in [0.05, 0.1) is 18.8 Å². The normalized spacial score (nSPS) is 11.1. The molecule has 1 aromatic heterocycles. The van der Waals surface area contributed by atoms with E-state index in [1.807, 2.05) is 87.5 Å². The summed E-state index contributed by atoms with van der Waals surface area (Å²) in [6, 6.07) is 20.1. The summed E-state index contributed by atoms with van der Waals surface area (Å²) >= 11 is 1.30. The second-order valence-electron chi connectivity index (χ2n) is 7.72. The SMILES string of the molecule is CC(C)(C)OC(=O)N(CC=C(c1ccccc1)c1ccccc1)c1nc(CO)cs1. The first-order chi connectivity index (χ1) is 14.4. The summed E-state index contributed by atoms with van der Waals surface area (Å²) in [5, 5.41) is 11.6. The Labute approximate surface area is 181 Å². The van der Waals surface area contributed by atoms with Gasteiger partial charge in [0.1, 0.15) is 5.60 Å². The van der Waals surface area contributed by atoms with E-state index >= 15 is 0 Å². The number of amides is 1. The predicted octanol–water partition coefficient (Wildman–Crippen LogP) is 5.51. The maximum Gasteiger partial charge on any atom is 0.416 e. The number of aliphatic hydroxyl groups excluding tert-OH is 1. The summed E-state index contributed by atoms with van der Waals surface area (Å²) in [5.41, 5.74) is 3.03. The number of nitrogens with zero attached hydrogens (tertiary/aromatic N) is 2. The van der Waals surface area contributed by atoms with Crippen LogP contribution in [-0.2, 0) is 11.3 Å². The smallest absolute Gasteiger partial charge is 0.416 e. The summed E-state index contributed by atoms with van der Waals surface area (Å²) in [5.74, 6) is 0. The summed E-state index contributed by atoms with van der Waals surface area (Å²) in [4.78, 5) is 18.8. The fraction of sp³-hybridized carbons (Fsp3) is 0.250. The molecule has 30 heavy (non-hydrogen) atoms. The molecule has 156 valence electrons. The van der Waals surface area contributed by atoms with Gasteiger partial charge in [-0.05, 0) is 37.5 Å². The average Bonchev–Trinajstić information content (AvgIpc) is 3.20. The molecule has 0 bridgehead atoms. The second kappa shape index (κ2) is 9.69. The highest BCUT2D eigenvalue weighted by Crippen LogP contribution is 2.26.